The molecule has 0 aromatic heterocycles. The van der Waals surface area contributed by atoms with Gasteiger partial charge in [0.15, 0.2) is 11.5 Å². The van der Waals surface area contributed by atoms with Crippen LogP contribution in [0.3, 0.4) is 0 Å². The van der Waals surface area contributed by atoms with Crippen molar-refractivity contribution >= 4 is 11.9 Å². The summed E-state index contributed by atoms with van der Waals surface area (Å²) in [6.45, 7) is -0.0716. The van der Waals surface area contributed by atoms with E-state index in [0.717, 1.165) is 28.0 Å². The molecule has 1 heterocycles. The van der Waals surface area contributed by atoms with Gasteiger partial charge in [0.05, 0.1) is 13.7 Å². The van der Waals surface area contributed by atoms with E-state index >= 15 is 0 Å². The summed E-state index contributed by atoms with van der Waals surface area (Å²) in [5, 5.41) is 9.38. The maximum absolute atomic E-state index is 13.4. The minimum absolute atomic E-state index is 0.0716. The van der Waals surface area contributed by atoms with E-state index in [1.165, 1.54) is 4.90 Å². The average molecular weight is 401 g/mol. The van der Waals surface area contributed by atoms with Gasteiger partial charge >= 0.3 is 0 Å². The second kappa shape index (κ2) is 7.65. The minimum atomic E-state index is -1.28. The molecule has 3 aromatic carbocycles. The van der Waals surface area contributed by atoms with Crippen LogP contribution >= 0.6 is 0 Å². The molecule has 1 unspecified atom stereocenters. The van der Waals surface area contributed by atoms with Crippen molar-refractivity contribution in [3.05, 3.63) is 89.5 Å². The number of nitrogens with zero attached hydrogens (tertiary/aromatic N) is 2. The number of carbonyl (C=O) groups excluding carboxylic acids is 1. The van der Waals surface area contributed by atoms with Crippen molar-refractivity contribution in [1.82, 2.24) is 4.90 Å². The minimum Gasteiger partial charge on any atom is -0.497 e. The Hall–Kier alpha value is -3.64. The molecule has 0 radical (unpaired) electrons. The molecule has 1 atom stereocenters. The summed E-state index contributed by atoms with van der Waals surface area (Å²) in [6, 6.07) is 22.7. The highest BCUT2D eigenvalue weighted by molar-refractivity contribution is 6.09. The number of amides is 1. The fourth-order valence-electron chi connectivity index (χ4n) is 3.76. The molecular formula is C24H23N3O3. The van der Waals surface area contributed by atoms with Crippen molar-refractivity contribution in [2.45, 2.75) is 12.1 Å². The monoisotopic (exact) mass is 401 g/mol. The van der Waals surface area contributed by atoms with Crippen molar-refractivity contribution in [1.29, 1.82) is 0 Å². The molecule has 152 valence electrons. The normalized spacial score (nSPS) is 18.4. The lowest BCUT2D eigenvalue weighted by Crippen LogP contribution is -2.41. The van der Waals surface area contributed by atoms with Crippen LogP contribution in [-0.2, 0) is 16.9 Å². The van der Waals surface area contributed by atoms with E-state index in [0.29, 0.717) is 5.56 Å². The van der Waals surface area contributed by atoms with Crippen molar-refractivity contribution < 1.29 is 14.6 Å². The van der Waals surface area contributed by atoms with E-state index in [4.69, 9.17) is 10.5 Å². The van der Waals surface area contributed by atoms with E-state index in [1.807, 2.05) is 60.7 Å². The van der Waals surface area contributed by atoms with Gasteiger partial charge in [-0.1, -0.05) is 54.6 Å². The van der Waals surface area contributed by atoms with Crippen molar-refractivity contribution in [3.63, 3.8) is 0 Å². The summed E-state index contributed by atoms with van der Waals surface area (Å²) in [6.07, 6.45) is 0. The predicted octanol–water partition coefficient (Wildman–Crippen LogP) is 2.88. The maximum atomic E-state index is 13.4. The van der Waals surface area contributed by atoms with Gasteiger partial charge in [0.1, 0.15) is 5.75 Å². The van der Waals surface area contributed by atoms with E-state index in [2.05, 4.69) is 4.99 Å². The number of carbonyl (C=O) groups is 1. The maximum Gasteiger partial charge on any atom is 0.266 e. The third-order valence-corrected chi connectivity index (χ3v) is 5.48. The summed E-state index contributed by atoms with van der Waals surface area (Å²) < 4.78 is 5.34. The van der Waals surface area contributed by atoms with Gasteiger partial charge in [-0.3, -0.25) is 9.69 Å². The van der Waals surface area contributed by atoms with Crippen molar-refractivity contribution in [2.24, 2.45) is 10.7 Å². The van der Waals surface area contributed by atoms with E-state index in [1.54, 1.807) is 26.3 Å². The van der Waals surface area contributed by atoms with Gasteiger partial charge in [0.25, 0.3) is 5.91 Å². The topological polar surface area (TPSA) is 88.2 Å². The molecule has 3 aromatic rings. The Labute approximate surface area is 175 Å². The largest absolute Gasteiger partial charge is 0.497 e. The highest BCUT2D eigenvalue weighted by Crippen LogP contribution is 2.40. The predicted molar refractivity (Wildman–Crippen MR) is 116 cm³/mol. The third-order valence-electron chi connectivity index (χ3n) is 5.48. The number of rotatable bonds is 5. The highest BCUT2D eigenvalue weighted by atomic mass is 16.5. The zero-order valence-corrected chi connectivity index (χ0v) is 16.9. The van der Waals surface area contributed by atoms with E-state index in [9.17, 15) is 9.90 Å². The molecule has 4 rings (SSSR count). The summed E-state index contributed by atoms with van der Waals surface area (Å²) in [4.78, 5) is 19.4. The lowest BCUT2D eigenvalue weighted by molar-refractivity contribution is -0.129. The number of aliphatic hydroxyl groups is 1. The van der Waals surface area contributed by atoms with Gasteiger partial charge in [0.2, 0.25) is 0 Å². The SMILES string of the molecule is COc1cccc(-c2cccc(C3(c4ccc(CO)cc4)N=C(N)N(C)C3=O)c2)c1. The highest BCUT2D eigenvalue weighted by Gasteiger charge is 2.49. The number of methoxy groups -OCH3 is 1. The molecule has 3 N–H and O–H groups in total. The summed E-state index contributed by atoms with van der Waals surface area (Å²) >= 11 is 0. The average Bonchev–Trinajstić information content (AvgIpc) is 3.04. The van der Waals surface area contributed by atoms with Crippen LogP contribution in [0.5, 0.6) is 5.75 Å². The molecule has 0 fully saturated rings. The molecule has 30 heavy (non-hydrogen) atoms. The zero-order valence-electron chi connectivity index (χ0n) is 16.9. The van der Waals surface area contributed by atoms with Gasteiger partial charge in [0, 0.05) is 7.05 Å². The Morgan fingerprint density at radius 2 is 1.67 bits per heavy atom. The number of aliphatic imine (C=N–C) groups is 1. The van der Waals surface area contributed by atoms with Crippen LogP contribution in [0, 0.1) is 0 Å². The summed E-state index contributed by atoms with van der Waals surface area (Å²) in [7, 11) is 3.25. The Balaban J connectivity index is 1.89. The van der Waals surface area contributed by atoms with E-state index in [-0.39, 0.29) is 18.5 Å². The quantitative estimate of drug-likeness (QED) is 0.688. The summed E-state index contributed by atoms with van der Waals surface area (Å²) in [5.41, 5.74) is 8.87. The van der Waals surface area contributed by atoms with Gasteiger partial charge < -0.3 is 15.6 Å². The van der Waals surface area contributed by atoms with Gasteiger partial charge in [-0.25, -0.2) is 4.99 Å². The van der Waals surface area contributed by atoms with Crippen molar-refractivity contribution in [2.75, 3.05) is 14.2 Å². The lowest BCUT2D eigenvalue weighted by Gasteiger charge is -2.26. The Bertz CT molecular complexity index is 1120. The fourth-order valence-corrected chi connectivity index (χ4v) is 3.76. The number of nitrogens with two attached hydrogens (primary N) is 1. The number of guanidine groups is 1. The third kappa shape index (κ3) is 3.11. The standard InChI is InChI=1S/C24H23N3O3/c1-27-22(29)24(26-23(27)25,19-11-9-16(15-28)10-12-19)20-7-3-5-17(13-20)18-6-4-8-21(14-18)30-2/h3-14,28H,15H2,1-2H3,(H2,25,26). The molecule has 0 aliphatic carbocycles. The van der Waals surface area contributed by atoms with Crippen LogP contribution in [0.1, 0.15) is 16.7 Å². The number of aliphatic hydroxyl groups excluding tert-OH is 1. The molecule has 6 heteroatoms. The van der Waals surface area contributed by atoms with Crippen LogP contribution < -0.4 is 10.5 Å². The molecule has 1 aliphatic heterocycles. The zero-order chi connectivity index (χ0) is 21.3. The molecule has 1 amide bonds. The first kappa shape index (κ1) is 19.7. The molecule has 1 aliphatic rings. The molecule has 6 nitrogen and oxygen atoms in total. The second-order valence-electron chi connectivity index (χ2n) is 7.21. The number of hydrogen-bond donors (Lipinski definition) is 2. The molecular weight excluding hydrogens is 378 g/mol. The smallest absolute Gasteiger partial charge is 0.266 e. The van der Waals surface area contributed by atoms with Gasteiger partial charge in [-0.15, -0.1) is 0 Å². The first-order chi connectivity index (χ1) is 14.5. The first-order valence-electron chi connectivity index (χ1n) is 9.58. The number of ether oxygens (including phenoxy) is 1. The molecule has 0 saturated carbocycles. The van der Waals surface area contributed by atoms with E-state index < -0.39 is 5.54 Å². The van der Waals surface area contributed by atoms with Crippen LogP contribution in [-0.4, -0.2) is 36.0 Å². The van der Waals surface area contributed by atoms with Crippen LogP contribution in [0.25, 0.3) is 11.1 Å². The number of hydrogen-bond acceptors (Lipinski definition) is 5. The Morgan fingerprint density at radius 1 is 1.00 bits per heavy atom. The fraction of sp³-hybridized carbons (Fsp3) is 0.167. The Morgan fingerprint density at radius 3 is 2.27 bits per heavy atom. The first-order valence-corrected chi connectivity index (χ1v) is 9.58. The van der Waals surface area contributed by atoms with Crippen LogP contribution in [0.2, 0.25) is 0 Å². The Kier molecular flexibility index (Phi) is 5.01. The molecule has 0 bridgehead atoms. The van der Waals surface area contributed by atoms with Crippen LogP contribution in [0.4, 0.5) is 0 Å². The van der Waals surface area contributed by atoms with Crippen LogP contribution in [0.15, 0.2) is 77.8 Å². The lowest BCUT2D eigenvalue weighted by atomic mass is 9.81. The molecule has 0 saturated heterocycles. The second-order valence-corrected chi connectivity index (χ2v) is 7.21. The molecule has 0 spiro atoms. The summed E-state index contributed by atoms with van der Waals surface area (Å²) in [5.74, 6) is 0.698. The van der Waals surface area contributed by atoms with Gasteiger partial charge in [-0.2, -0.15) is 0 Å². The number of likely N-dealkylation sites (N-methyl/N-ethyl adjacent to an activating group) is 1. The van der Waals surface area contributed by atoms with Crippen molar-refractivity contribution in [3.8, 4) is 16.9 Å². The van der Waals surface area contributed by atoms with Gasteiger partial charge in [-0.05, 0) is 46.0 Å². The number of benzene rings is 3.